The van der Waals surface area contributed by atoms with Crippen LogP contribution in [0.25, 0.3) is 0 Å². The number of aliphatic hydroxyl groups excluding tert-OH is 1. The van der Waals surface area contributed by atoms with E-state index in [0.29, 0.717) is 26.2 Å². The summed E-state index contributed by atoms with van der Waals surface area (Å²) in [5, 5.41) is 17.6. The summed E-state index contributed by atoms with van der Waals surface area (Å²) in [6.07, 6.45) is 0.0581. The fourth-order valence-electron chi connectivity index (χ4n) is 1.70. The maximum absolute atomic E-state index is 10.5. The van der Waals surface area contributed by atoms with Crippen molar-refractivity contribution in [3.8, 4) is 11.5 Å². The molecule has 0 fully saturated rings. The first-order valence-corrected chi connectivity index (χ1v) is 6.47. The van der Waals surface area contributed by atoms with Crippen LogP contribution in [-0.4, -0.2) is 61.0 Å². The van der Waals surface area contributed by atoms with Crippen LogP contribution in [0.1, 0.15) is 6.42 Å². The van der Waals surface area contributed by atoms with Crippen molar-refractivity contribution in [1.82, 2.24) is 4.90 Å². The second kappa shape index (κ2) is 9.17. The van der Waals surface area contributed by atoms with Gasteiger partial charge in [0, 0.05) is 19.6 Å². The molecule has 2 N–H and O–H groups in total. The van der Waals surface area contributed by atoms with Crippen LogP contribution in [0.5, 0.6) is 11.5 Å². The van der Waals surface area contributed by atoms with Gasteiger partial charge in [-0.1, -0.05) is 0 Å². The Hall–Kier alpha value is -1.79. The maximum atomic E-state index is 10.5. The SMILES string of the molecule is COc1ccc(OCCN(CCO)CCC(=O)O)cc1. The highest BCUT2D eigenvalue weighted by molar-refractivity contribution is 5.66. The lowest BCUT2D eigenvalue weighted by molar-refractivity contribution is -0.137. The highest BCUT2D eigenvalue weighted by atomic mass is 16.5. The zero-order valence-corrected chi connectivity index (χ0v) is 11.6. The molecule has 1 rings (SSSR count). The summed E-state index contributed by atoms with van der Waals surface area (Å²) in [6.45, 7) is 1.86. The average molecular weight is 283 g/mol. The molecule has 0 aliphatic carbocycles. The number of rotatable bonds is 10. The second-order valence-electron chi connectivity index (χ2n) is 4.23. The number of methoxy groups -OCH3 is 1. The largest absolute Gasteiger partial charge is 0.497 e. The highest BCUT2D eigenvalue weighted by Gasteiger charge is 2.07. The summed E-state index contributed by atoms with van der Waals surface area (Å²) in [7, 11) is 1.60. The number of carboxylic acids is 1. The number of benzene rings is 1. The molecule has 0 radical (unpaired) electrons. The van der Waals surface area contributed by atoms with Gasteiger partial charge >= 0.3 is 5.97 Å². The zero-order chi connectivity index (χ0) is 14.8. The van der Waals surface area contributed by atoms with Crippen LogP contribution in [0.4, 0.5) is 0 Å². The smallest absolute Gasteiger partial charge is 0.304 e. The van der Waals surface area contributed by atoms with Crippen molar-refractivity contribution in [2.75, 3.05) is 40.0 Å². The summed E-state index contributed by atoms with van der Waals surface area (Å²) in [5.41, 5.74) is 0. The summed E-state index contributed by atoms with van der Waals surface area (Å²) in [4.78, 5) is 12.4. The van der Waals surface area contributed by atoms with Gasteiger partial charge in [-0.15, -0.1) is 0 Å². The molecule has 1 aromatic carbocycles. The number of hydrogen-bond acceptors (Lipinski definition) is 5. The Morgan fingerprint density at radius 1 is 1.15 bits per heavy atom. The van der Waals surface area contributed by atoms with E-state index < -0.39 is 5.97 Å². The fraction of sp³-hybridized carbons (Fsp3) is 0.500. The normalized spacial score (nSPS) is 10.6. The van der Waals surface area contributed by atoms with Gasteiger partial charge in [0.15, 0.2) is 0 Å². The minimum atomic E-state index is -0.844. The van der Waals surface area contributed by atoms with E-state index in [0.717, 1.165) is 11.5 Å². The summed E-state index contributed by atoms with van der Waals surface area (Å²) in [5.74, 6) is 0.651. The quantitative estimate of drug-likeness (QED) is 0.662. The first-order chi connectivity index (χ1) is 9.65. The molecule has 0 unspecified atom stereocenters. The number of ether oxygens (including phenoxy) is 2. The molecule has 0 amide bonds. The molecule has 0 aliphatic heterocycles. The van der Waals surface area contributed by atoms with Crippen molar-refractivity contribution in [3.05, 3.63) is 24.3 Å². The molecule has 0 saturated heterocycles. The molecular formula is C14H21NO5. The van der Waals surface area contributed by atoms with Gasteiger partial charge in [0.25, 0.3) is 0 Å². The van der Waals surface area contributed by atoms with Gasteiger partial charge in [0.2, 0.25) is 0 Å². The Labute approximate surface area is 118 Å². The van der Waals surface area contributed by atoms with Gasteiger partial charge in [-0.2, -0.15) is 0 Å². The van der Waals surface area contributed by atoms with Gasteiger partial charge in [0.05, 0.1) is 20.1 Å². The monoisotopic (exact) mass is 283 g/mol. The first-order valence-electron chi connectivity index (χ1n) is 6.47. The van der Waals surface area contributed by atoms with Crippen molar-refractivity contribution in [2.45, 2.75) is 6.42 Å². The number of carbonyl (C=O) groups is 1. The summed E-state index contributed by atoms with van der Waals surface area (Å²) < 4.78 is 10.6. The molecule has 0 heterocycles. The molecular weight excluding hydrogens is 262 g/mol. The third kappa shape index (κ3) is 6.40. The topological polar surface area (TPSA) is 79.2 Å². The van der Waals surface area contributed by atoms with E-state index in [1.54, 1.807) is 7.11 Å². The lowest BCUT2D eigenvalue weighted by Gasteiger charge is -2.20. The standard InChI is InChI=1S/C14H21NO5/c1-19-12-2-4-13(5-3-12)20-11-9-15(8-10-16)7-6-14(17)18/h2-5,16H,6-11H2,1H3,(H,17,18). The van der Waals surface area contributed by atoms with E-state index in [1.165, 1.54) is 0 Å². The third-order valence-electron chi connectivity index (χ3n) is 2.79. The molecule has 0 atom stereocenters. The van der Waals surface area contributed by atoms with E-state index in [9.17, 15) is 4.79 Å². The predicted molar refractivity (Wildman–Crippen MR) is 74.3 cm³/mol. The number of aliphatic hydroxyl groups is 1. The van der Waals surface area contributed by atoms with Gasteiger partial charge in [0.1, 0.15) is 18.1 Å². The third-order valence-corrected chi connectivity index (χ3v) is 2.79. The lowest BCUT2D eigenvalue weighted by Crippen LogP contribution is -2.33. The molecule has 6 heteroatoms. The van der Waals surface area contributed by atoms with Crippen LogP contribution in [0, 0.1) is 0 Å². The van der Waals surface area contributed by atoms with E-state index >= 15 is 0 Å². The molecule has 6 nitrogen and oxygen atoms in total. The van der Waals surface area contributed by atoms with Crippen molar-refractivity contribution in [3.63, 3.8) is 0 Å². The molecule has 0 saturated carbocycles. The van der Waals surface area contributed by atoms with Gasteiger partial charge in [-0.25, -0.2) is 0 Å². The van der Waals surface area contributed by atoms with Crippen molar-refractivity contribution in [1.29, 1.82) is 0 Å². The van der Waals surface area contributed by atoms with Crippen LogP contribution in [-0.2, 0) is 4.79 Å². The summed E-state index contributed by atoms with van der Waals surface area (Å²) in [6, 6.07) is 7.25. The van der Waals surface area contributed by atoms with Gasteiger partial charge in [-0.3, -0.25) is 9.69 Å². The molecule has 112 valence electrons. The van der Waals surface area contributed by atoms with Crippen LogP contribution in [0.3, 0.4) is 0 Å². The maximum Gasteiger partial charge on any atom is 0.304 e. The van der Waals surface area contributed by atoms with Gasteiger partial charge < -0.3 is 19.7 Å². The van der Waals surface area contributed by atoms with Crippen molar-refractivity contribution < 1.29 is 24.5 Å². The number of nitrogens with zero attached hydrogens (tertiary/aromatic N) is 1. The van der Waals surface area contributed by atoms with Crippen LogP contribution < -0.4 is 9.47 Å². The Kier molecular flexibility index (Phi) is 7.46. The minimum Gasteiger partial charge on any atom is -0.497 e. The fourth-order valence-corrected chi connectivity index (χ4v) is 1.70. The van der Waals surface area contributed by atoms with Crippen LogP contribution in [0.15, 0.2) is 24.3 Å². The highest BCUT2D eigenvalue weighted by Crippen LogP contribution is 2.16. The Bertz CT molecular complexity index is 393. The number of carboxylic acid groups (broad SMARTS) is 1. The molecule has 0 bridgehead atoms. The van der Waals surface area contributed by atoms with Crippen molar-refractivity contribution in [2.24, 2.45) is 0 Å². The van der Waals surface area contributed by atoms with Crippen LogP contribution >= 0.6 is 0 Å². The average Bonchev–Trinajstić information content (AvgIpc) is 2.45. The molecule has 0 spiro atoms. The van der Waals surface area contributed by atoms with Gasteiger partial charge in [-0.05, 0) is 24.3 Å². The molecule has 0 aromatic heterocycles. The Morgan fingerprint density at radius 2 is 1.80 bits per heavy atom. The first kappa shape index (κ1) is 16.3. The van der Waals surface area contributed by atoms with E-state index in [-0.39, 0.29) is 13.0 Å². The Balaban J connectivity index is 2.32. The van der Waals surface area contributed by atoms with E-state index in [2.05, 4.69) is 0 Å². The lowest BCUT2D eigenvalue weighted by atomic mass is 10.3. The van der Waals surface area contributed by atoms with Crippen LogP contribution in [0.2, 0.25) is 0 Å². The van der Waals surface area contributed by atoms with Crippen molar-refractivity contribution >= 4 is 5.97 Å². The number of aliphatic carboxylic acids is 1. The second-order valence-corrected chi connectivity index (χ2v) is 4.23. The van der Waals surface area contributed by atoms with E-state index in [4.69, 9.17) is 19.7 Å². The Morgan fingerprint density at radius 3 is 2.35 bits per heavy atom. The minimum absolute atomic E-state index is 0.00214. The molecule has 1 aromatic rings. The zero-order valence-electron chi connectivity index (χ0n) is 11.6. The van der Waals surface area contributed by atoms with E-state index in [1.807, 2.05) is 29.2 Å². The number of hydrogen-bond donors (Lipinski definition) is 2. The predicted octanol–water partition coefficient (Wildman–Crippen LogP) is 0.843. The molecule has 0 aliphatic rings. The summed E-state index contributed by atoms with van der Waals surface area (Å²) >= 11 is 0. The molecule has 20 heavy (non-hydrogen) atoms.